The SMILES string of the molecule is CCC(C)CC1=CC(C)C1. The van der Waals surface area contributed by atoms with Crippen LogP contribution in [0.25, 0.3) is 0 Å². The van der Waals surface area contributed by atoms with Crippen LogP contribution in [-0.4, -0.2) is 0 Å². The van der Waals surface area contributed by atoms with Crippen molar-refractivity contribution in [3.05, 3.63) is 11.6 Å². The minimum atomic E-state index is 0.874. The van der Waals surface area contributed by atoms with Crippen LogP contribution in [0, 0.1) is 11.8 Å². The fourth-order valence-corrected chi connectivity index (χ4v) is 1.53. The lowest BCUT2D eigenvalue weighted by Gasteiger charge is -2.23. The molecule has 0 heterocycles. The van der Waals surface area contributed by atoms with Crippen LogP contribution < -0.4 is 0 Å². The summed E-state index contributed by atoms with van der Waals surface area (Å²) in [6, 6.07) is 0. The van der Waals surface area contributed by atoms with Crippen molar-refractivity contribution in [3.8, 4) is 0 Å². The van der Waals surface area contributed by atoms with Gasteiger partial charge in [-0.05, 0) is 24.7 Å². The van der Waals surface area contributed by atoms with Crippen LogP contribution >= 0.6 is 0 Å². The molecule has 1 aliphatic carbocycles. The summed E-state index contributed by atoms with van der Waals surface area (Å²) in [5.41, 5.74) is 1.70. The minimum absolute atomic E-state index is 0.874. The van der Waals surface area contributed by atoms with Gasteiger partial charge in [0, 0.05) is 0 Å². The van der Waals surface area contributed by atoms with E-state index in [2.05, 4.69) is 26.8 Å². The Morgan fingerprint density at radius 3 is 2.70 bits per heavy atom. The zero-order valence-corrected chi connectivity index (χ0v) is 7.35. The van der Waals surface area contributed by atoms with Gasteiger partial charge in [0.2, 0.25) is 0 Å². The van der Waals surface area contributed by atoms with Gasteiger partial charge in [0.1, 0.15) is 0 Å². The molecule has 0 amide bonds. The summed E-state index contributed by atoms with van der Waals surface area (Å²) in [5, 5.41) is 0. The number of allylic oxidation sites excluding steroid dienone is 2. The van der Waals surface area contributed by atoms with Crippen LogP contribution in [0.5, 0.6) is 0 Å². The molecule has 0 aromatic heterocycles. The predicted molar refractivity (Wildman–Crippen MR) is 45.9 cm³/mol. The van der Waals surface area contributed by atoms with Crippen molar-refractivity contribution in [2.24, 2.45) is 11.8 Å². The smallest absolute Gasteiger partial charge is 0.0222 e. The van der Waals surface area contributed by atoms with Crippen LogP contribution in [0.1, 0.15) is 40.0 Å². The van der Waals surface area contributed by atoms with E-state index in [0.29, 0.717) is 0 Å². The quantitative estimate of drug-likeness (QED) is 0.524. The van der Waals surface area contributed by atoms with E-state index in [0.717, 1.165) is 11.8 Å². The van der Waals surface area contributed by atoms with Gasteiger partial charge in [0.15, 0.2) is 0 Å². The highest BCUT2D eigenvalue weighted by atomic mass is 14.2. The third kappa shape index (κ3) is 1.86. The Morgan fingerprint density at radius 2 is 2.30 bits per heavy atom. The zero-order chi connectivity index (χ0) is 7.56. The summed E-state index contributed by atoms with van der Waals surface area (Å²) in [7, 11) is 0. The monoisotopic (exact) mass is 138 g/mol. The van der Waals surface area contributed by atoms with Crippen molar-refractivity contribution in [2.75, 3.05) is 0 Å². The first kappa shape index (κ1) is 7.84. The molecule has 1 aliphatic rings. The second-order valence-electron chi connectivity index (χ2n) is 3.72. The highest BCUT2D eigenvalue weighted by Gasteiger charge is 2.15. The molecule has 0 nitrogen and oxygen atoms in total. The molecule has 0 radical (unpaired) electrons. The van der Waals surface area contributed by atoms with E-state index in [1.165, 1.54) is 19.3 Å². The zero-order valence-electron chi connectivity index (χ0n) is 7.35. The number of rotatable bonds is 3. The normalized spacial score (nSPS) is 27.1. The molecular formula is C10H18. The van der Waals surface area contributed by atoms with Crippen molar-refractivity contribution in [1.29, 1.82) is 0 Å². The van der Waals surface area contributed by atoms with Crippen molar-refractivity contribution in [3.63, 3.8) is 0 Å². The van der Waals surface area contributed by atoms with Gasteiger partial charge in [-0.25, -0.2) is 0 Å². The first-order valence-electron chi connectivity index (χ1n) is 4.42. The van der Waals surface area contributed by atoms with Crippen molar-refractivity contribution < 1.29 is 0 Å². The Bertz CT molecular complexity index is 133. The first-order chi connectivity index (χ1) is 4.72. The summed E-state index contributed by atoms with van der Waals surface area (Å²) in [5.74, 6) is 1.78. The maximum atomic E-state index is 2.42. The van der Waals surface area contributed by atoms with Gasteiger partial charge in [0.25, 0.3) is 0 Å². The molecule has 0 bridgehead atoms. The second-order valence-corrected chi connectivity index (χ2v) is 3.72. The van der Waals surface area contributed by atoms with E-state index >= 15 is 0 Å². The molecule has 0 aromatic carbocycles. The standard InChI is InChI=1S/C10H18/c1-4-8(2)5-10-6-9(3)7-10/h6,8-9H,4-5,7H2,1-3H3. The van der Waals surface area contributed by atoms with Gasteiger partial charge >= 0.3 is 0 Å². The Balaban J connectivity index is 2.21. The average molecular weight is 138 g/mol. The topological polar surface area (TPSA) is 0 Å². The Labute approximate surface area is 64.3 Å². The molecule has 0 aromatic rings. The third-order valence-electron chi connectivity index (χ3n) is 2.41. The fraction of sp³-hybridized carbons (Fsp3) is 0.800. The highest BCUT2D eigenvalue weighted by molar-refractivity contribution is 5.15. The van der Waals surface area contributed by atoms with Crippen molar-refractivity contribution >= 4 is 0 Å². The largest absolute Gasteiger partial charge is 0.0821 e. The molecule has 0 saturated carbocycles. The summed E-state index contributed by atoms with van der Waals surface area (Å²) in [6.45, 7) is 6.90. The number of hydrogen-bond acceptors (Lipinski definition) is 0. The van der Waals surface area contributed by atoms with Crippen LogP contribution in [0.4, 0.5) is 0 Å². The first-order valence-corrected chi connectivity index (χ1v) is 4.42. The molecule has 0 saturated heterocycles. The summed E-state index contributed by atoms with van der Waals surface area (Å²) in [6.07, 6.45) is 6.46. The molecular weight excluding hydrogens is 120 g/mol. The molecule has 0 heteroatoms. The molecule has 0 fully saturated rings. The molecule has 2 atom stereocenters. The van der Waals surface area contributed by atoms with Crippen LogP contribution in [0.15, 0.2) is 11.6 Å². The van der Waals surface area contributed by atoms with Crippen molar-refractivity contribution in [1.82, 2.24) is 0 Å². The summed E-state index contributed by atoms with van der Waals surface area (Å²) in [4.78, 5) is 0. The Morgan fingerprint density at radius 1 is 1.70 bits per heavy atom. The third-order valence-corrected chi connectivity index (χ3v) is 2.41. The van der Waals surface area contributed by atoms with Crippen molar-refractivity contribution in [2.45, 2.75) is 40.0 Å². The molecule has 58 valence electrons. The van der Waals surface area contributed by atoms with Crippen LogP contribution in [0.2, 0.25) is 0 Å². The van der Waals surface area contributed by atoms with E-state index in [-0.39, 0.29) is 0 Å². The maximum absolute atomic E-state index is 2.42. The predicted octanol–water partition coefficient (Wildman–Crippen LogP) is 3.39. The van der Waals surface area contributed by atoms with E-state index < -0.39 is 0 Å². The Kier molecular flexibility index (Phi) is 2.53. The number of hydrogen-bond donors (Lipinski definition) is 0. The molecule has 0 spiro atoms. The summed E-state index contributed by atoms with van der Waals surface area (Å²) < 4.78 is 0. The average Bonchev–Trinajstić information content (AvgIpc) is 1.84. The lowest BCUT2D eigenvalue weighted by Crippen LogP contribution is -2.08. The van der Waals surface area contributed by atoms with Gasteiger partial charge in [-0.3, -0.25) is 0 Å². The second kappa shape index (κ2) is 3.23. The van der Waals surface area contributed by atoms with Gasteiger partial charge in [-0.15, -0.1) is 0 Å². The fourth-order valence-electron chi connectivity index (χ4n) is 1.53. The lowest BCUT2D eigenvalue weighted by molar-refractivity contribution is 0.504. The highest BCUT2D eigenvalue weighted by Crippen LogP contribution is 2.30. The summed E-state index contributed by atoms with van der Waals surface area (Å²) >= 11 is 0. The molecule has 0 aliphatic heterocycles. The lowest BCUT2D eigenvalue weighted by atomic mass is 9.82. The van der Waals surface area contributed by atoms with E-state index in [1.54, 1.807) is 5.57 Å². The van der Waals surface area contributed by atoms with E-state index in [9.17, 15) is 0 Å². The van der Waals surface area contributed by atoms with Gasteiger partial charge in [-0.1, -0.05) is 38.8 Å². The minimum Gasteiger partial charge on any atom is -0.0821 e. The van der Waals surface area contributed by atoms with Crippen LogP contribution in [-0.2, 0) is 0 Å². The molecule has 1 rings (SSSR count). The van der Waals surface area contributed by atoms with E-state index in [1.807, 2.05) is 0 Å². The van der Waals surface area contributed by atoms with Gasteiger partial charge in [0.05, 0.1) is 0 Å². The van der Waals surface area contributed by atoms with Gasteiger partial charge in [-0.2, -0.15) is 0 Å². The van der Waals surface area contributed by atoms with Gasteiger partial charge < -0.3 is 0 Å². The molecule has 0 N–H and O–H groups in total. The van der Waals surface area contributed by atoms with Crippen LogP contribution in [0.3, 0.4) is 0 Å². The molecule has 10 heavy (non-hydrogen) atoms. The van der Waals surface area contributed by atoms with E-state index in [4.69, 9.17) is 0 Å². The maximum Gasteiger partial charge on any atom is -0.0222 e. The Hall–Kier alpha value is -0.260. The molecule has 2 unspecified atom stereocenters.